The van der Waals surface area contributed by atoms with E-state index >= 15 is 0 Å². The van der Waals surface area contributed by atoms with Gasteiger partial charge in [0, 0.05) is 5.56 Å². The summed E-state index contributed by atoms with van der Waals surface area (Å²) in [6.45, 7) is 3.60. The third-order valence-corrected chi connectivity index (χ3v) is 3.05. The minimum absolute atomic E-state index is 0.257. The van der Waals surface area contributed by atoms with Crippen LogP contribution in [-0.4, -0.2) is 10.9 Å². The van der Waals surface area contributed by atoms with Crippen molar-refractivity contribution in [3.05, 3.63) is 70.5 Å². The standard InChI is InChI=1S/C17H15FO2/c1-11-8-13(9-12(2)17(11)20)6-7-16(19)14-4-3-5-15(18)10-14/h3-10,20H,1-2H3/b7-6+. The Morgan fingerprint density at radius 2 is 1.80 bits per heavy atom. The molecule has 3 heteroatoms. The van der Waals surface area contributed by atoms with E-state index in [1.54, 1.807) is 38.1 Å². The number of aryl methyl sites for hydroxylation is 2. The van der Waals surface area contributed by atoms with Crippen molar-refractivity contribution in [2.45, 2.75) is 13.8 Å². The van der Waals surface area contributed by atoms with Crippen LogP contribution in [0.2, 0.25) is 0 Å². The van der Waals surface area contributed by atoms with Crippen molar-refractivity contribution in [3.8, 4) is 5.75 Å². The van der Waals surface area contributed by atoms with Crippen molar-refractivity contribution in [3.63, 3.8) is 0 Å². The largest absolute Gasteiger partial charge is 0.507 e. The minimum atomic E-state index is -0.430. The number of hydrogen-bond donors (Lipinski definition) is 1. The van der Waals surface area contributed by atoms with Crippen LogP contribution in [0, 0.1) is 19.7 Å². The van der Waals surface area contributed by atoms with Crippen LogP contribution < -0.4 is 0 Å². The van der Waals surface area contributed by atoms with Crippen LogP contribution in [-0.2, 0) is 0 Å². The predicted octanol–water partition coefficient (Wildman–Crippen LogP) is 4.04. The molecule has 0 aliphatic carbocycles. The number of allylic oxidation sites excluding steroid dienone is 1. The van der Waals surface area contributed by atoms with Crippen LogP contribution in [0.25, 0.3) is 6.08 Å². The van der Waals surface area contributed by atoms with Gasteiger partial charge in [0.2, 0.25) is 0 Å². The van der Waals surface area contributed by atoms with Crippen molar-refractivity contribution >= 4 is 11.9 Å². The summed E-state index contributed by atoms with van der Waals surface area (Å²) in [5, 5.41) is 9.68. The molecule has 0 heterocycles. The van der Waals surface area contributed by atoms with Gasteiger partial charge in [0.05, 0.1) is 0 Å². The maximum Gasteiger partial charge on any atom is 0.185 e. The summed E-state index contributed by atoms with van der Waals surface area (Å²) < 4.78 is 13.0. The molecule has 0 aliphatic rings. The lowest BCUT2D eigenvalue weighted by atomic mass is 10.0. The first-order valence-corrected chi connectivity index (χ1v) is 6.25. The fourth-order valence-corrected chi connectivity index (χ4v) is 2.00. The quantitative estimate of drug-likeness (QED) is 0.675. The predicted molar refractivity (Wildman–Crippen MR) is 77.3 cm³/mol. The van der Waals surface area contributed by atoms with Crippen LogP contribution in [0.15, 0.2) is 42.5 Å². The fraction of sp³-hybridized carbons (Fsp3) is 0.118. The van der Waals surface area contributed by atoms with E-state index in [0.29, 0.717) is 5.56 Å². The van der Waals surface area contributed by atoms with Crippen LogP contribution >= 0.6 is 0 Å². The Morgan fingerprint density at radius 3 is 2.40 bits per heavy atom. The number of phenolic OH excluding ortho intramolecular Hbond substituents is 1. The molecule has 0 amide bonds. The molecule has 1 N–H and O–H groups in total. The fourth-order valence-electron chi connectivity index (χ4n) is 2.00. The second-order valence-electron chi connectivity index (χ2n) is 4.71. The summed E-state index contributed by atoms with van der Waals surface area (Å²) in [7, 11) is 0. The number of ketones is 1. The van der Waals surface area contributed by atoms with Gasteiger partial charge < -0.3 is 5.11 Å². The second kappa shape index (κ2) is 5.70. The number of hydrogen-bond acceptors (Lipinski definition) is 2. The molecule has 0 saturated carbocycles. The first-order chi connectivity index (χ1) is 9.47. The molecule has 2 rings (SSSR count). The van der Waals surface area contributed by atoms with Crippen LogP contribution in [0.1, 0.15) is 27.0 Å². The van der Waals surface area contributed by atoms with Gasteiger partial charge in [0.15, 0.2) is 5.78 Å². The molecule has 0 aromatic heterocycles. The summed E-state index contributed by atoms with van der Waals surface area (Å²) >= 11 is 0. The Bertz CT molecular complexity index is 664. The third kappa shape index (κ3) is 3.12. The maximum absolute atomic E-state index is 13.0. The van der Waals surface area contributed by atoms with E-state index in [9.17, 15) is 14.3 Å². The van der Waals surface area contributed by atoms with Gasteiger partial charge in [-0.3, -0.25) is 4.79 Å². The molecule has 0 spiro atoms. The first kappa shape index (κ1) is 14.0. The number of carbonyl (C=O) groups is 1. The van der Waals surface area contributed by atoms with E-state index in [1.807, 2.05) is 0 Å². The molecule has 0 radical (unpaired) electrons. The molecule has 0 atom stereocenters. The molecule has 2 nitrogen and oxygen atoms in total. The first-order valence-electron chi connectivity index (χ1n) is 6.25. The molecule has 0 saturated heterocycles. The minimum Gasteiger partial charge on any atom is -0.507 e. The zero-order chi connectivity index (χ0) is 14.7. The number of aromatic hydroxyl groups is 1. The van der Waals surface area contributed by atoms with Gasteiger partial charge >= 0.3 is 0 Å². The Hall–Kier alpha value is -2.42. The molecular formula is C17H15FO2. The van der Waals surface area contributed by atoms with E-state index in [0.717, 1.165) is 16.7 Å². The van der Waals surface area contributed by atoms with Crippen LogP contribution in [0.4, 0.5) is 4.39 Å². The average molecular weight is 270 g/mol. The van der Waals surface area contributed by atoms with Gasteiger partial charge in [-0.2, -0.15) is 0 Å². The van der Waals surface area contributed by atoms with Crippen LogP contribution in [0.5, 0.6) is 5.75 Å². The lowest BCUT2D eigenvalue weighted by molar-refractivity contribution is 0.104. The number of benzene rings is 2. The molecule has 0 unspecified atom stereocenters. The smallest absolute Gasteiger partial charge is 0.185 e. The topological polar surface area (TPSA) is 37.3 Å². The monoisotopic (exact) mass is 270 g/mol. The van der Waals surface area contributed by atoms with E-state index in [1.165, 1.54) is 24.3 Å². The highest BCUT2D eigenvalue weighted by Gasteiger charge is 2.04. The Balaban J connectivity index is 2.23. The Kier molecular flexibility index (Phi) is 3.99. The second-order valence-corrected chi connectivity index (χ2v) is 4.71. The van der Waals surface area contributed by atoms with Crippen molar-refractivity contribution in [1.29, 1.82) is 0 Å². The SMILES string of the molecule is Cc1cc(/C=C/C(=O)c2cccc(F)c2)cc(C)c1O. The van der Waals surface area contributed by atoms with Gasteiger partial charge in [0.25, 0.3) is 0 Å². The van der Waals surface area contributed by atoms with Gasteiger partial charge in [0.1, 0.15) is 11.6 Å². The zero-order valence-corrected chi connectivity index (χ0v) is 11.4. The summed E-state index contributed by atoms with van der Waals surface area (Å²) in [6, 6.07) is 9.16. The summed E-state index contributed by atoms with van der Waals surface area (Å²) in [4.78, 5) is 11.9. The van der Waals surface area contributed by atoms with Crippen molar-refractivity contribution in [2.24, 2.45) is 0 Å². The van der Waals surface area contributed by atoms with Gasteiger partial charge in [-0.15, -0.1) is 0 Å². The third-order valence-electron chi connectivity index (χ3n) is 3.05. The molecule has 102 valence electrons. The Morgan fingerprint density at radius 1 is 1.15 bits per heavy atom. The van der Waals surface area contributed by atoms with Crippen LogP contribution in [0.3, 0.4) is 0 Å². The molecule has 2 aromatic rings. The van der Waals surface area contributed by atoms with Crippen molar-refractivity contribution in [2.75, 3.05) is 0 Å². The Labute approximate surface area is 117 Å². The summed E-state index contributed by atoms with van der Waals surface area (Å²) in [6.07, 6.45) is 3.06. The molecule has 0 bridgehead atoms. The van der Waals surface area contributed by atoms with Crippen molar-refractivity contribution < 1.29 is 14.3 Å². The van der Waals surface area contributed by atoms with Gasteiger partial charge in [-0.05, 0) is 60.9 Å². The van der Waals surface area contributed by atoms with E-state index in [2.05, 4.69) is 0 Å². The molecule has 0 fully saturated rings. The molecular weight excluding hydrogens is 255 g/mol. The lowest BCUT2D eigenvalue weighted by Crippen LogP contribution is -1.94. The number of halogens is 1. The maximum atomic E-state index is 13.0. The van der Waals surface area contributed by atoms with E-state index in [4.69, 9.17) is 0 Å². The number of rotatable bonds is 3. The summed E-state index contributed by atoms with van der Waals surface area (Å²) in [5.74, 6) is -0.424. The number of carbonyl (C=O) groups excluding carboxylic acids is 1. The summed E-state index contributed by atoms with van der Waals surface area (Å²) in [5.41, 5.74) is 2.64. The molecule has 20 heavy (non-hydrogen) atoms. The molecule has 0 aliphatic heterocycles. The van der Waals surface area contributed by atoms with Gasteiger partial charge in [-0.25, -0.2) is 4.39 Å². The highest BCUT2D eigenvalue weighted by molar-refractivity contribution is 6.06. The highest BCUT2D eigenvalue weighted by atomic mass is 19.1. The zero-order valence-electron chi connectivity index (χ0n) is 11.4. The highest BCUT2D eigenvalue weighted by Crippen LogP contribution is 2.23. The van der Waals surface area contributed by atoms with Crippen molar-refractivity contribution in [1.82, 2.24) is 0 Å². The number of phenols is 1. The average Bonchev–Trinajstić information content (AvgIpc) is 2.42. The van der Waals surface area contributed by atoms with E-state index < -0.39 is 5.82 Å². The lowest BCUT2D eigenvalue weighted by Gasteiger charge is -2.04. The molecule has 2 aromatic carbocycles. The normalized spacial score (nSPS) is 10.9. The van der Waals surface area contributed by atoms with E-state index in [-0.39, 0.29) is 11.5 Å². The van der Waals surface area contributed by atoms with Gasteiger partial charge in [-0.1, -0.05) is 18.2 Å².